The first kappa shape index (κ1) is 12.6. The molecule has 0 aromatic carbocycles. The Labute approximate surface area is 84.4 Å². The van der Waals surface area contributed by atoms with E-state index >= 15 is 0 Å². The molecule has 0 N–H and O–H groups in total. The van der Waals surface area contributed by atoms with Gasteiger partial charge in [-0.25, -0.2) is 4.79 Å². The summed E-state index contributed by atoms with van der Waals surface area (Å²) in [5, 5.41) is 0. The quantitative estimate of drug-likeness (QED) is 0.215. The smallest absolute Gasteiger partial charge is 0.341 e. The van der Waals surface area contributed by atoms with Gasteiger partial charge < -0.3 is 4.74 Å². The van der Waals surface area contributed by atoms with Crippen molar-refractivity contribution in [1.82, 2.24) is 0 Å². The molecule has 0 aliphatic rings. The molecule has 0 unspecified atom stereocenters. The lowest BCUT2D eigenvalue weighted by atomic mass is 10.1. The molecule has 0 spiro atoms. The summed E-state index contributed by atoms with van der Waals surface area (Å²) in [5.41, 5.74) is 0.133. The lowest BCUT2D eigenvalue weighted by Gasteiger charge is -2.04. The fraction of sp³-hybridized carbons (Fsp3) is 0.455. The SMILES string of the molecule is C=CCCC(=O)C(=CC)C(=O)OCC. The first-order chi connectivity index (χ1) is 6.67. The summed E-state index contributed by atoms with van der Waals surface area (Å²) in [6.45, 7) is 7.15. The standard InChI is InChI=1S/C11H16O3/c1-4-7-8-10(12)9(5-2)11(13)14-6-3/h4-5H,1,6-8H2,2-3H3. The Balaban J connectivity index is 4.34. The van der Waals surface area contributed by atoms with Crippen LogP contribution in [0.15, 0.2) is 24.3 Å². The second-order valence-corrected chi connectivity index (χ2v) is 2.67. The number of hydrogen-bond donors (Lipinski definition) is 0. The van der Waals surface area contributed by atoms with E-state index in [-0.39, 0.29) is 18.0 Å². The predicted molar refractivity (Wildman–Crippen MR) is 54.8 cm³/mol. The molecule has 78 valence electrons. The number of ether oxygens (including phenoxy) is 1. The highest BCUT2D eigenvalue weighted by Gasteiger charge is 2.16. The summed E-state index contributed by atoms with van der Waals surface area (Å²) in [6.07, 6.45) is 4.03. The van der Waals surface area contributed by atoms with Gasteiger partial charge in [-0.1, -0.05) is 12.2 Å². The molecular formula is C11H16O3. The Bertz CT molecular complexity index is 251. The molecular weight excluding hydrogens is 180 g/mol. The summed E-state index contributed by atoms with van der Waals surface area (Å²) in [7, 11) is 0. The van der Waals surface area contributed by atoms with E-state index in [1.54, 1.807) is 19.9 Å². The Kier molecular flexibility index (Phi) is 6.37. The van der Waals surface area contributed by atoms with Gasteiger partial charge in [0.15, 0.2) is 5.78 Å². The minimum absolute atomic E-state index is 0.133. The molecule has 0 atom stereocenters. The third-order valence-electron chi connectivity index (χ3n) is 1.66. The molecule has 0 rings (SSSR count). The molecule has 14 heavy (non-hydrogen) atoms. The minimum Gasteiger partial charge on any atom is -0.462 e. The van der Waals surface area contributed by atoms with Crippen molar-refractivity contribution in [2.75, 3.05) is 6.61 Å². The highest BCUT2D eigenvalue weighted by molar-refractivity contribution is 6.17. The van der Waals surface area contributed by atoms with E-state index in [0.29, 0.717) is 12.8 Å². The van der Waals surface area contributed by atoms with Gasteiger partial charge in [0.25, 0.3) is 0 Å². The van der Waals surface area contributed by atoms with E-state index in [2.05, 4.69) is 6.58 Å². The van der Waals surface area contributed by atoms with E-state index in [9.17, 15) is 9.59 Å². The first-order valence-electron chi connectivity index (χ1n) is 4.64. The monoisotopic (exact) mass is 196 g/mol. The molecule has 0 bridgehead atoms. The van der Waals surface area contributed by atoms with E-state index in [1.807, 2.05) is 0 Å². The fourth-order valence-corrected chi connectivity index (χ4v) is 0.969. The predicted octanol–water partition coefficient (Wildman–Crippen LogP) is 2.03. The molecule has 0 amide bonds. The van der Waals surface area contributed by atoms with Crippen molar-refractivity contribution in [1.29, 1.82) is 0 Å². The number of allylic oxidation sites excluding steroid dienone is 2. The molecule has 0 radical (unpaired) electrons. The zero-order valence-corrected chi connectivity index (χ0v) is 8.71. The third kappa shape index (κ3) is 4.03. The number of rotatable bonds is 6. The second kappa shape index (κ2) is 7.06. The van der Waals surface area contributed by atoms with Crippen LogP contribution in [0.3, 0.4) is 0 Å². The summed E-state index contributed by atoms with van der Waals surface area (Å²) >= 11 is 0. The number of esters is 1. The van der Waals surface area contributed by atoms with Gasteiger partial charge in [0, 0.05) is 6.42 Å². The molecule has 3 heteroatoms. The summed E-state index contributed by atoms with van der Waals surface area (Å²) < 4.78 is 4.74. The van der Waals surface area contributed by atoms with Crippen molar-refractivity contribution in [3.05, 3.63) is 24.3 Å². The average Bonchev–Trinajstić information content (AvgIpc) is 2.16. The lowest BCUT2D eigenvalue weighted by Crippen LogP contribution is -2.15. The van der Waals surface area contributed by atoms with E-state index in [4.69, 9.17) is 4.74 Å². The molecule has 0 saturated carbocycles. The molecule has 0 aromatic heterocycles. The largest absolute Gasteiger partial charge is 0.462 e. The highest BCUT2D eigenvalue weighted by Crippen LogP contribution is 2.05. The van der Waals surface area contributed by atoms with Gasteiger partial charge in [-0.05, 0) is 20.3 Å². The Hall–Kier alpha value is -1.38. The van der Waals surface area contributed by atoms with Crippen molar-refractivity contribution < 1.29 is 14.3 Å². The van der Waals surface area contributed by atoms with Gasteiger partial charge in [-0.2, -0.15) is 0 Å². The number of ketones is 1. The zero-order chi connectivity index (χ0) is 11.0. The lowest BCUT2D eigenvalue weighted by molar-refractivity contribution is -0.140. The van der Waals surface area contributed by atoms with Crippen LogP contribution in [0.1, 0.15) is 26.7 Å². The topological polar surface area (TPSA) is 43.4 Å². The van der Waals surface area contributed by atoms with Crippen molar-refractivity contribution in [3.8, 4) is 0 Å². The van der Waals surface area contributed by atoms with Crippen LogP contribution >= 0.6 is 0 Å². The maximum Gasteiger partial charge on any atom is 0.341 e. The number of Topliss-reactive ketones (excluding diaryl/α,β-unsaturated/α-hetero) is 1. The normalized spacial score (nSPS) is 10.9. The van der Waals surface area contributed by atoms with Gasteiger partial charge in [-0.3, -0.25) is 4.79 Å². The van der Waals surface area contributed by atoms with E-state index in [0.717, 1.165) is 0 Å². The van der Waals surface area contributed by atoms with Crippen LogP contribution in [-0.2, 0) is 14.3 Å². The first-order valence-corrected chi connectivity index (χ1v) is 4.64. The second-order valence-electron chi connectivity index (χ2n) is 2.67. The molecule has 0 aliphatic carbocycles. The molecule has 0 aromatic rings. The summed E-state index contributed by atoms with van der Waals surface area (Å²) in [5.74, 6) is -0.727. The fourth-order valence-electron chi connectivity index (χ4n) is 0.969. The molecule has 0 fully saturated rings. The minimum atomic E-state index is -0.538. The van der Waals surface area contributed by atoms with Gasteiger partial charge in [-0.15, -0.1) is 6.58 Å². The highest BCUT2D eigenvalue weighted by atomic mass is 16.5. The molecule has 3 nitrogen and oxygen atoms in total. The van der Waals surface area contributed by atoms with E-state index < -0.39 is 5.97 Å². The van der Waals surface area contributed by atoms with Gasteiger partial charge >= 0.3 is 5.97 Å². The van der Waals surface area contributed by atoms with E-state index in [1.165, 1.54) is 6.08 Å². The Morgan fingerprint density at radius 3 is 2.50 bits per heavy atom. The van der Waals surface area contributed by atoms with Gasteiger partial charge in [0.05, 0.1) is 12.2 Å². The number of carbonyl (C=O) groups is 2. The maximum absolute atomic E-state index is 11.4. The molecule has 0 aliphatic heterocycles. The van der Waals surface area contributed by atoms with Crippen LogP contribution in [0.4, 0.5) is 0 Å². The molecule has 0 heterocycles. The van der Waals surface area contributed by atoms with Crippen molar-refractivity contribution in [3.63, 3.8) is 0 Å². The molecule has 0 saturated heterocycles. The van der Waals surface area contributed by atoms with Crippen molar-refractivity contribution >= 4 is 11.8 Å². The summed E-state index contributed by atoms with van der Waals surface area (Å²) in [6, 6.07) is 0. The van der Waals surface area contributed by atoms with Crippen LogP contribution in [0.25, 0.3) is 0 Å². The Morgan fingerprint density at radius 2 is 2.07 bits per heavy atom. The van der Waals surface area contributed by atoms with Crippen molar-refractivity contribution in [2.45, 2.75) is 26.7 Å². The third-order valence-corrected chi connectivity index (χ3v) is 1.66. The summed E-state index contributed by atoms with van der Waals surface area (Å²) in [4.78, 5) is 22.7. The van der Waals surface area contributed by atoms with Crippen molar-refractivity contribution in [2.24, 2.45) is 0 Å². The van der Waals surface area contributed by atoms with Crippen LogP contribution in [0.2, 0.25) is 0 Å². The Morgan fingerprint density at radius 1 is 1.43 bits per heavy atom. The number of carbonyl (C=O) groups excluding carboxylic acids is 2. The number of hydrogen-bond acceptors (Lipinski definition) is 3. The van der Waals surface area contributed by atoms with Gasteiger partial charge in [0.1, 0.15) is 0 Å². The van der Waals surface area contributed by atoms with Crippen LogP contribution in [-0.4, -0.2) is 18.4 Å². The van der Waals surface area contributed by atoms with Crippen LogP contribution in [0, 0.1) is 0 Å². The average molecular weight is 196 g/mol. The van der Waals surface area contributed by atoms with Gasteiger partial charge in [0.2, 0.25) is 0 Å². The van der Waals surface area contributed by atoms with Crippen LogP contribution in [0.5, 0.6) is 0 Å². The van der Waals surface area contributed by atoms with Crippen LogP contribution < -0.4 is 0 Å². The maximum atomic E-state index is 11.4. The zero-order valence-electron chi connectivity index (χ0n) is 8.71.